The summed E-state index contributed by atoms with van der Waals surface area (Å²) in [6.07, 6.45) is 0.311. The highest BCUT2D eigenvalue weighted by molar-refractivity contribution is 5.82. The Labute approximate surface area is 139 Å². The first-order chi connectivity index (χ1) is 10.7. The zero-order valence-corrected chi connectivity index (χ0v) is 15.3. The van der Waals surface area contributed by atoms with Crippen molar-refractivity contribution >= 4 is 11.9 Å². The average molecular weight is 328 g/mol. The summed E-state index contributed by atoms with van der Waals surface area (Å²) in [5.74, 6) is -0.122. The van der Waals surface area contributed by atoms with E-state index in [0.717, 1.165) is 13.1 Å². The molecule has 0 aromatic carbocycles. The van der Waals surface area contributed by atoms with Crippen molar-refractivity contribution in [3.63, 3.8) is 0 Å². The molecule has 134 valence electrons. The molecule has 1 N–H and O–H groups in total. The minimum atomic E-state index is -0.282. The molecule has 1 saturated heterocycles. The van der Waals surface area contributed by atoms with Crippen molar-refractivity contribution in [3.8, 4) is 0 Å². The lowest BCUT2D eigenvalue weighted by Gasteiger charge is -2.41. The molecule has 0 saturated carbocycles. The van der Waals surface area contributed by atoms with Gasteiger partial charge in [-0.1, -0.05) is 13.8 Å². The molecule has 0 radical (unpaired) electrons. The molecule has 0 aliphatic carbocycles. The average Bonchev–Trinajstić information content (AvgIpc) is 2.35. The van der Waals surface area contributed by atoms with E-state index in [1.54, 1.807) is 0 Å². The zero-order valence-electron chi connectivity index (χ0n) is 15.3. The van der Waals surface area contributed by atoms with E-state index in [4.69, 9.17) is 9.47 Å². The van der Waals surface area contributed by atoms with Crippen LogP contribution in [0.25, 0.3) is 0 Å². The van der Waals surface area contributed by atoms with Crippen molar-refractivity contribution in [2.45, 2.75) is 72.3 Å². The summed E-state index contributed by atoms with van der Waals surface area (Å²) in [6.45, 7) is 13.6. The molecule has 3 unspecified atom stereocenters. The number of hydrogen-bond donors (Lipinski definition) is 1. The third-order valence-corrected chi connectivity index (χ3v) is 3.74. The van der Waals surface area contributed by atoms with Crippen LogP contribution < -0.4 is 5.32 Å². The molecule has 3 atom stereocenters. The fourth-order valence-corrected chi connectivity index (χ4v) is 3.05. The van der Waals surface area contributed by atoms with E-state index in [1.165, 1.54) is 0 Å². The number of ether oxygens (including phenoxy) is 2. The van der Waals surface area contributed by atoms with Crippen LogP contribution in [-0.4, -0.2) is 60.8 Å². The van der Waals surface area contributed by atoms with Crippen molar-refractivity contribution in [2.75, 3.05) is 19.6 Å². The van der Waals surface area contributed by atoms with Gasteiger partial charge in [0.1, 0.15) is 0 Å². The quantitative estimate of drug-likeness (QED) is 0.719. The van der Waals surface area contributed by atoms with E-state index in [1.807, 2.05) is 41.5 Å². The number of nitrogens with one attached hydrogen (secondary N) is 1. The largest absolute Gasteiger partial charge is 0.463 e. The number of hydrogen-bond acceptors (Lipinski definition) is 5. The molecule has 1 aliphatic rings. The summed E-state index contributed by atoms with van der Waals surface area (Å²) >= 11 is 0. The van der Waals surface area contributed by atoms with Gasteiger partial charge in [-0.05, 0) is 33.6 Å². The molecule has 1 amide bonds. The highest BCUT2D eigenvalue weighted by atomic mass is 16.5. The Kier molecular flexibility index (Phi) is 7.99. The molecule has 6 nitrogen and oxygen atoms in total. The maximum absolute atomic E-state index is 12.6. The number of amides is 1. The maximum Gasteiger partial charge on any atom is 0.307 e. The summed E-state index contributed by atoms with van der Waals surface area (Å²) in [5.41, 5.74) is 0. The standard InChI is InChI=1S/C17H32N2O4/c1-11(2)16(19-9-13(5)23-14(6)10-19)17(21)18-8-7-15(20)22-12(3)4/h11-14,16H,7-10H2,1-6H3,(H,18,21). The van der Waals surface area contributed by atoms with Crippen LogP contribution in [0.1, 0.15) is 48.0 Å². The van der Waals surface area contributed by atoms with Gasteiger partial charge in [0.25, 0.3) is 0 Å². The predicted molar refractivity (Wildman–Crippen MR) is 89.1 cm³/mol. The first kappa shape index (κ1) is 19.9. The molecule has 0 aromatic heterocycles. The van der Waals surface area contributed by atoms with Gasteiger partial charge in [-0.2, -0.15) is 0 Å². The maximum atomic E-state index is 12.6. The number of carbonyl (C=O) groups is 2. The normalized spacial score (nSPS) is 23.8. The number of esters is 1. The Morgan fingerprint density at radius 3 is 2.22 bits per heavy atom. The van der Waals surface area contributed by atoms with E-state index in [2.05, 4.69) is 10.2 Å². The highest BCUT2D eigenvalue weighted by Gasteiger charge is 2.33. The van der Waals surface area contributed by atoms with Gasteiger partial charge >= 0.3 is 5.97 Å². The Morgan fingerprint density at radius 1 is 1.17 bits per heavy atom. The second-order valence-corrected chi connectivity index (χ2v) is 6.98. The van der Waals surface area contributed by atoms with Crippen molar-refractivity contribution in [1.29, 1.82) is 0 Å². The molecule has 1 aliphatic heterocycles. The summed E-state index contributed by atoms with van der Waals surface area (Å²) in [5, 5.41) is 2.87. The Morgan fingerprint density at radius 2 is 1.74 bits per heavy atom. The minimum Gasteiger partial charge on any atom is -0.463 e. The van der Waals surface area contributed by atoms with Gasteiger partial charge in [0, 0.05) is 19.6 Å². The molecule has 1 heterocycles. The summed E-state index contributed by atoms with van der Waals surface area (Å²) < 4.78 is 10.8. The Bertz CT molecular complexity index is 388. The molecule has 1 rings (SSSR count). The fraction of sp³-hybridized carbons (Fsp3) is 0.882. The number of carbonyl (C=O) groups excluding carboxylic acids is 2. The van der Waals surface area contributed by atoms with E-state index in [9.17, 15) is 9.59 Å². The Hall–Kier alpha value is -1.14. The van der Waals surface area contributed by atoms with E-state index in [0.29, 0.717) is 6.54 Å². The van der Waals surface area contributed by atoms with Crippen molar-refractivity contribution in [2.24, 2.45) is 5.92 Å². The minimum absolute atomic E-state index is 0.0290. The molecule has 23 heavy (non-hydrogen) atoms. The van der Waals surface area contributed by atoms with Gasteiger partial charge in [-0.25, -0.2) is 0 Å². The van der Waals surface area contributed by atoms with Crippen LogP contribution in [0.5, 0.6) is 0 Å². The topological polar surface area (TPSA) is 67.9 Å². The molecular formula is C17H32N2O4. The molecule has 0 bridgehead atoms. The molecule has 0 spiro atoms. The van der Waals surface area contributed by atoms with Gasteiger partial charge in [0.15, 0.2) is 0 Å². The lowest BCUT2D eigenvalue weighted by Crippen LogP contribution is -2.57. The number of rotatable bonds is 7. The fourth-order valence-electron chi connectivity index (χ4n) is 3.05. The number of nitrogens with zero attached hydrogens (tertiary/aromatic N) is 1. The van der Waals surface area contributed by atoms with Gasteiger partial charge in [-0.3, -0.25) is 14.5 Å². The Balaban J connectivity index is 2.53. The van der Waals surface area contributed by atoms with Crippen LogP contribution in [0.2, 0.25) is 0 Å². The van der Waals surface area contributed by atoms with Gasteiger partial charge in [-0.15, -0.1) is 0 Å². The summed E-state index contributed by atoms with van der Waals surface area (Å²) in [4.78, 5) is 26.3. The van der Waals surface area contributed by atoms with Crippen LogP contribution in [-0.2, 0) is 19.1 Å². The van der Waals surface area contributed by atoms with Crippen molar-refractivity contribution in [1.82, 2.24) is 10.2 Å². The summed E-state index contributed by atoms with van der Waals surface area (Å²) in [7, 11) is 0. The van der Waals surface area contributed by atoms with Crippen molar-refractivity contribution < 1.29 is 19.1 Å². The molecule has 0 aromatic rings. The SMILES string of the molecule is CC(C)OC(=O)CCNC(=O)C(C(C)C)N1CC(C)OC(C)C1. The second kappa shape index (κ2) is 9.23. The zero-order chi connectivity index (χ0) is 17.6. The summed E-state index contributed by atoms with van der Waals surface area (Å²) in [6, 6.07) is -0.204. The third-order valence-electron chi connectivity index (χ3n) is 3.74. The van der Waals surface area contributed by atoms with E-state index >= 15 is 0 Å². The van der Waals surface area contributed by atoms with Gasteiger partial charge < -0.3 is 14.8 Å². The van der Waals surface area contributed by atoms with Crippen LogP contribution in [0.3, 0.4) is 0 Å². The van der Waals surface area contributed by atoms with Gasteiger partial charge in [0.2, 0.25) is 5.91 Å². The van der Waals surface area contributed by atoms with E-state index < -0.39 is 0 Å². The van der Waals surface area contributed by atoms with Crippen LogP contribution >= 0.6 is 0 Å². The first-order valence-electron chi connectivity index (χ1n) is 8.57. The third kappa shape index (κ3) is 6.87. The monoisotopic (exact) mass is 328 g/mol. The van der Waals surface area contributed by atoms with Crippen LogP contribution in [0.15, 0.2) is 0 Å². The number of morpholine rings is 1. The second-order valence-electron chi connectivity index (χ2n) is 6.98. The predicted octanol–water partition coefficient (Wildman–Crippen LogP) is 1.58. The smallest absolute Gasteiger partial charge is 0.307 e. The molecule has 6 heteroatoms. The lowest BCUT2D eigenvalue weighted by atomic mass is 9.99. The first-order valence-corrected chi connectivity index (χ1v) is 8.57. The van der Waals surface area contributed by atoms with Crippen molar-refractivity contribution in [3.05, 3.63) is 0 Å². The highest BCUT2D eigenvalue weighted by Crippen LogP contribution is 2.18. The van der Waals surface area contributed by atoms with Crippen LogP contribution in [0.4, 0.5) is 0 Å². The lowest BCUT2D eigenvalue weighted by molar-refractivity contribution is -0.147. The molecule has 1 fully saturated rings. The molecular weight excluding hydrogens is 296 g/mol. The van der Waals surface area contributed by atoms with Crippen LogP contribution in [0, 0.1) is 5.92 Å². The van der Waals surface area contributed by atoms with E-state index in [-0.39, 0.29) is 48.6 Å². The van der Waals surface area contributed by atoms with Gasteiger partial charge in [0.05, 0.1) is 30.8 Å².